The lowest BCUT2D eigenvalue weighted by Crippen LogP contribution is -2.46. The monoisotopic (exact) mass is 341 g/mol. The second-order valence-corrected chi connectivity index (χ2v) is 6.90. The van der Waals surface area contributed by atoms with Crippen LogP contribution >= 0.6 is 11.8 Å². The van der Waals surface area contributed by atoms with E-state index in [0.29, 0.717) is 23.4 Å². The second-order valence-electron chi connectivity index (χ2n) is 5.89. The molecule has 1 aromatic rings. The molecule has 4 N–H and O–H groups in total. The fraction of sp³-hybridized carbons (Fsp3) is 0.467. The normalized spacial score (nSPS) is 30.3. The number of anilines is 1. The maximum absolute atomic E-state index is 14.4. The number of alkyl halides is 1. The SMILES string of the molecule is Nc1ccc(F)c([C@]23CC[C@H](F)C[C@H]2CSC(NC(=O)O)=N3)c1. The molecule has 1 fully saturated rings. The predicted octanol–water partition coefficient (Wildman–Crippen LogP) is 3.11. The molecule has 3 atom stereocenters. The van der Waals surface area contributed by atoms with Gasteiger partial charge in [-0.05, 0) is 37.5 Å². The van der Waals surface area contributed by atoms with Crippen molar-refractivity contribution < 1.29 is 18.7 Å². The minimum Gasteiger partial charge on any atom is -0.465 e. The highest BCUT2D eigenvalue weighted by atomic mass is 32.2. The van der Waals surface area contributed by atoms with Crippen LogP contribution in [0.2, 0.25) is 0 Å². The average Bonchev–Trinajstić information content (AvgIpc) is 2.49. The summed E-state index contributed by atoms with van der Waals surface area (Å²) in [6.45, 7) is 0. The van der Waals surface area contributed by atoms with Gasteiger partial charge in [0.25, 0.3) is 0 Å². The first kappa shape index (κ1) is 16.0. The molecule has 0 spiro atoms. The summed E-state index contributed by atoms with van der Waals surface area (Å²) in [6.07, 6.45) is -1.30. The number of nitrogens with two attached hydrogens (primary N) is 1. The number of thioether (sulfide) groups is 1. The zero-order chi connectivity index (χ0) is 16.6. The summed E-state index contributed by atoms with van der Waals surface area (Å²) >= 11 is 1.22. The summed E-state index contributed by atoms with van der Waals surface area (Å²) in [5.41, 5.74) is 5.54. The van der Waals surface area contributed by atoms with Gasteiger partial charge < -0.3 is 10.8 Å². The summed E-state index contributed by atoms with van der Waals surface area (Å²) in [7, 11) is 0. The summed E-state index contributed by atoms with van der Waals surface area (Å²) in [5, 5.41) is 11.4. The van der Waals surface area contributed by atoms with E-state index in [2.05, 4.69) is 10.3 Å². The fourth-order valence-corrected chi connectivity index (χ4v) is 4.55. The van der Waals surface area contributed by atoms with Crippen LogP contribution in [0.1, 0.15) is 24.8 Å². The number of carbonyl (C=O) groups is 1. The van der Waals surface area contributed by atoms with Crippen molar-refractivity contribution in [1.82, 2.24) is 5.32 Å². The molecule has 2 aliphatic rings. The Morgan fingerprint density at radius 1 is 1.52 bits per heavy atom. The van der Waals surface area contributed by atoms with Crippen molar-refractivity contribution in [3.05, 3.63) is 29.6 Å². The Morgan fingerprint density at radius 2 is 2.30 bits per heavy atom. The Morgan fingerprint density at radius 3 is 3.04 bits per heavy atom. The van der Waals surface area contributed by atoms with Crippen LogP contribution in [0.3, 0.4) is 0 Å². The number of halogens is 2. The second kappa shape index (κ2) is 5.99. The highest BCUT2D eigenvalue weighted by Crippen LogP contribution is 2.50. The lowest BCUT2D eigenvalue weighted by atomic mass is 9.69. The third-order valence-corrected chi connectivity index (χ3v) is 5.48. The van der Waals surface area contributed by atoms with Crippen molar-refractivity contribution >= 4 is 28.7 Å². The molecule has 1 aliphatic carbocycles. The van der Waals surface area contributed by atoms with E-state index in [4.69, 9.17) is 10.8 Å². The van der Waals surface area contributed by atoms with Gasteiger partial charge >= 0.3 is 6.09 Å². The predicted molar refractivity (Wildman–Crippen MR) is 85.8 cm³/mol. The molecule has 5 nitrogen and oxygen atoms in total. The number of amidine groups is 1. The first-order valence-corrected chi connectivity index (χ1v) is 8.31. The van der Waals surface area contributed by atoms with Crippen LogP contribution in [-0.4, -0.2) is 28.3 Å². The number of carboxylic acid groups (broad SMARTS) is 1. The summed E-state index contributed by atoms with van der Waals surface area (Å²) in [5.74, 6) is -0.174. The number of nitrogen functional groups attached to an aromatic ring is 1. The van der Waals surface area contributed by atoms with Crippen LogP contribution in [0.4, 0.5) is 19.3 Å². The molecule has 3 rings (SSSR count). The number of hydrogen-bond acceptors (Lipinski definition) is 4. The van der Waals surface area contributed by atoms with Crippen molar-refractivity contribution in [3.8, 4) is 0 Å². The average molecular weight is 341 g/mol. The van der Waals surface area contributed by atoms with Crippen LogP contribution in [0.15, 0.2) is 23.2 Å². The molecule has 0 radical (unpaired) electrons. The van der Waals surface area contributed by atoms with E-state index in [0.717, 1.165) is 0 Å². The van der Waals surface area contributed by atoms with E-state index in [-0.39, 0.29) is 23.9 Å². The highest BCUT2D eigenvalue weighted by Gasteiger charge is 2.49. The van der Waals surface area contributed by atoms with Crippen molar-refractivity contribution in [2.45, 2.75) is 31.0 Å². The summed E-state index contributed by atoms with van der Waals surface area (Å²) in [6, 6.07) is 4.27. The van der Waals surface area contributed by atoms with Crippen LogP contribution in [0.25, 0.3) is 0 Å². The number of fused-ring (bicyclic) bond motifs is 1. The zero-order valence-electron chi connectivity index (χ0n) is 12.3. The molecule has 0 saturated heterocycles. The molecule has 1 saturated carbocycles. The van der Waals surface area contributed by atoms with E-state index in [1.807, 2.05) is 0 Å². The highest BCUT2D eigenvalue weighted by molar-refractivity contribution is 8.13. The number of aliphatic imine (C=N–C) groups is 1. The first-order valence-electron chi connectivity index (χ1n) is 7.33. The van der Waals surface area contributed by atoms with E-state index < -0.39 is 23.6 Å². The molecule has 1 aromatic carbocycles. The maximum atomic E-state index is 14.4. The maximum Gasteiger partial charge on any atom is 0.410 e. The molecule has 0 bridgehead atoms. The minimum absolute atomic E-state index is 0.202. The minimum atomic E-state index is -1.22. The van der Waals surface area contributed by atoms with Gasteiger partial charge in [0.2, 0.25) is 0 Å². The standard InChI is InChI=1S/C15H17F2N3O2S/c16-9-3-4-15(11-6-10(18)1-2-12(11)17)8(5-9)7-23-13(20-15)19-14(21)22/h1-2,6,8-9H,3-5,7,18H2,(H,19,20)(H,21,22)/t8-,9-,15-/m0/s1. The number of benzene rings is 1. The first-order chi connectivity index (χ1) is 10.9. The molecule has 0 aromatic heterocycles. The van der Waals surface area contributed by atoms with Crippen molar-refractivity contribution in [2.24, 2.45) is 10.9 Å². The van der Waals surface area contributed by atoms with Gasteiger partial charge in [-0.1, -0.05) is 11.8 Å². The van der Waals surface area contributed by atoms with Gasteiger partial charge in [0.1, 0.15) is 12.0 Å². The third kappa shape index (κ3) is 2.99. The van der Waals surface area contributed by atoms with Gasteiger partial charge in [-0.2, -0.15) is 0 Å². The summed E-state index contributed by atoms with van der Waals surface area (Å²) in [4.78, 5) is 15.4. The number of hydrogen-bond donors (Lipinski definition) is 3. The van der Waals surface area contributed by atoms with E-state index in [9.17, 15) is 13.6 Å². The topological polar surface area (TPSA) is 87.7 Å². The van der Waals surface area contributed by atoms with Gasteiger partial charge in [-0.3, -0.25) is 10.3 Å². The van der Waals surface area contributed by atoms with Gasteiger partial charge in [-0.15, -0.1) is 0 Å². The number of amides is 1. The molecule has 0 unspecified atom stereocenters. The van der Waals surface area contributed by atoms with Crippen LogP contribution in [0, 0.1) is 11.7 Å². The third-order valence-electron chi connectivity index (χ3n) is 4.45. The van der Waals surface area contributed by atoms with Gasteiger partial charge in [-0.25, -0.2) is 13.6 Å². The quantitative estimate of drug-likeness (QED) is 0.685. The molecule has 8 heteroatoms. The number of nitrogens with zero attached hydrogens (tertiary/aromatic N) is 1. The summed E-state index contributed by atoms with van der Waals surface area (Å²) < 4.78 is 28.3. The Labute approximate surface area is 136 Å². The molecule has 124 valence electrons. The molecule has 1 heterocycles. The van der Waals surface area contributed by atoms with Crippen LogP contribution < -0.4 is 11.1 Å². The van der Waals surface area contributed by atoms with Crippen LogP contribution in [-0.2, 0) is 5.54 Å². The van der Waals surface area contributed by atoms with Crippen molar-refractivity contribution in [1.29, 1.82) is 0 Å². The Bertz CT molecular complexity index is 670. The Kier molecular flexibility index (Phi) is 4.18. The van der Waals surface area contributed by atoms with Crippen molar-refractivity contribution in [2.75, 3.05) is 11.5 Å². The Hall–Kier alpha value is -1.83. The van der Waals surface area contributed by atoms with E-state index in [1.54, 1.807) is 0 Å². The Balaban J connectivity index is 2.10. The molecular weight excluding hydrogens is 324 g/mol. The number of nitrogens with one attached hydrogen (secondary N) is 1. The van der Waals surface area contributed by atoms with Crippen molar-refractivity contribution in [3.63, 3.8) is 0 Å². The molecular formula is C15H17F2N3O2S. The lowest BCUT2D eigenvalue weighted by molar-refractivity contribution is 0.123. The molecule has 1 aliphatic heterocycles. The van der Waals surface area contributed by atoms with E-state index >= 15 is 0 Å². The smallest absolute Gasteiger partial charge is 0.410 e. The molecule has 23 heavy (non-hydrogen) atoms. The zero-order valence-corrected chi connectivity index (χ0v) is 13.1. The largest absolute Gasteiger partial charge is 0.465 e. The van der Waals surface area contributed by atoms with Crippen LogP contribution in [0.5, 0.6) is 0 Å². The van der Waals surface area contributed by atoms with E-state index in [1.165, 1.54) is 30.0 Å². The number of rotatable bonds is 1. The fourth-order valence-electron chi connectivity index (χ4n) is 3.39. The van der Waals surface area contributed by atoms with Gasteiger partial charge in [0, 0.05) is 22.9 Å². The van der Waals surface area contributed by atoms with Gasteiger partial charge in [0.15, 0.2) is 5.17 Å². The lowest BCUT2D eigenvalue weighted by Gasteiger charge is -2.45. The van der Waals surface area contributed by atoms with Gasteiger partial charge in [0.05, 0.1) is 5.54 Å². The molecule has 1 amide bonds.